The fourth-order valence-corrected chi connectivity index (χ4v) is 6.00. The minimum absolute atomic E-state index is 0.00218. The number of aromatic nitrogens is 5. The number of halogens is 4. The average Bonchev–Trinajstić information content (AvgIpc) is 3.06. The standard InChI is InChI=1S/C31H33ClF3N9O4/c1-5-18-13-42(9-10-43(18)30(48)25-27(46)16(3)38-15-39-25)26-21(6-2)44(29-24(28(26)47)41-22(36-4)12-37-29)14-23(45)40-20-8-7-17(11-19(20)32)31(33,34)35/h7-8,11-12,15,18,46H,5-6,9-10,13-14H2,1-4H3,(H,36,41)(H,40,45)/t18-/m1/s1. The summed E-state index contributed by atoms with van der Waals surface area (Å²) in [4.78, 5) is 61.3. The molecule has 3 aromatic heterocycles. The van der Waals surface area contributed by atoms with Crippen LogP contribution in [0.2, 0.25) is 5.02 Å². The lowest BCUT2D eigenvalue weighted by molar-refractivity contribution is -0.137. The van der Waals surface area contributed by atoms with Crippen LogP contribution in [0.25, 0.3) is 11.2 Å². The number of piperazine rings is 1. The van der Waals surface area contributed by atoms with E-state index in [9.17, 15) is 32.7 Å². The zero-order valence-corrected chi connectivity index (χ0v) is 27.3. The second-order valence-corrected chi connectivity index (χ2v) is 11.6. The third-order valence-electron chi connectivity index (χ3n) is 8.24. The van der Waals surface area contributed by atoms with Crippen LogP contribution >= 0.6 is 11.6 Å². The molecule has 1 aliphatic rings. The summed E-state index contributed by atoms with van der Waals surface area (Å²) in [6, 6.07) is 2.26. The molecule has 1 saturated heterocycles. The molecule has 1 aromatic carbocycles. The summed E-state index contributed by atoms with van der Waals surface area (Å²) in [6.45, 7) is 5.63. The smallest absolute Gasteiger partial charge is 0.416 e. The number of nitrogens with zero attached hydrogens (tertiary/aromatic N) is 7. The minimum atomic E-state index is -4.61. The third-order valence-corrected chi connectivity index (χ3v) is 8.55. The molecular formula is C31H33ClF3N9O4. The Bertz CT molecular complexity index is 1950. The molecule has 4 heterocycles. The van der Waals surface area contributed by atoms with Gasteiger partial charge in [-0.25, -0.2) is 19.9 Å². The molecule has 0 radical (unpaired) electrons. The number of fused-ring (bicyclic) bond motifs is 1. The predicted octanol–water partition coefficient (Wildman–Crippen LogP) is 4.25. The predicted molar refractivity (Wildman–Crippen MR) is 174 cm³/mol. The molecule has 0 saturated carbocycles. The van der Waals surface area contributed by atoms with Crippen LogP contribution in [0.1, 0.15) is 47.7 Å². The SMILES string of the molecule is CCc1c(N2CCN(C(=O)c3ncnc(C)c3O)[C@H](CC)C2)c(=O)c2nc(NC)cnc2n1CC(=O)Nc1ccc(C(F)(F)F)cc1Cl. The molecule has 5 rings (SSSR count). The average molecular weight is 688 g/mol. The zero-order valence-electron chi connectivity index (χ0n) is 26.5. The van der Waals surface area contributed by atoms with Gasteiger partial charge < -0.3 is 30.1 Å². The number of nitrogens with one attached hydrogen (secondary N) is 2. The Labute approximate surface area is 277 Å². The number of pyridine rings is 1. The molecule has 13 nitrogen and oxygen atoms in total. The van der Waals surface area contributed by atoms with Crippen LogP contribution < -0.4 is 21.0 Å². The van der Waals surface area contributed by atoms with Gasteiger partial charge in [0, 0.05) is 38.4 Å². The van der Waals surface area contributed by atoms with Crippen molar-refractivity contribution in [3.8, 4) is 5.75 Å². The van der Waals surface area contributed by atoms with Crippen LogP contribution in [0.15, 0.2) is 35.5 Å². The van der Waals surface area contributed by atoms with Crippen molar-refractivity contribution in [2.45, 2.75) is 52.4 Å². The molecule has 0 spiro atoms. The summed E-state index contributed by atoms with van der Waals surface area (Å²) in [5, 5.41) is 15.6. The topological polar surface area (TPSA) is 158 Å². The van der Waals surface area contributed by atoms with Gasteiger partial charge in [-0.05, 0) is 38.0 Å². The maximum absolute atomic E-state index is 14.2. The van der Waals surface area contributed by atoms with E-state index in [0.29, 0.717) is 30.0 Å². The number of aromatic hydroxyl groups is 1. The van der Waals surface area contributed by atoms with Crippen molar-refractivity contribution in [3.05, 3.63) is 68.6 Å². The Kier molecular flexibility index (Phi) is 9.75. The van der Waals surface area contributed by atoms with Gasteiger partial charge in [0.1, 0.15) is 24.4 Å². The lowest BCUT2D eigenvalue weighted by Gasteiger charge is -2.42. The largest absolute Gasteiger partial charge is 0.504 e. The number of carbonyl (C=O) groups excluding carboxylic acids is 2. The Morgan fingerprint density at radius 1 is 1.15 bits per heavy atom. The van der Waals surface area contributed by atoms with Gasteiger partial charge in [0.15, 0.2) is 22.6 Å². The molecule has 2 amide bonds. The van der Waals surface area contributed by atoms with E-state index in [1.165, 1.54) is 12.5 Å². The van der Waals surface area contributed by atoms with Crippen LogP contribution in [0, 0.1) is 6.92 Å². The number of anilines is 3. The normalized spacial score (nSPS) is 15.1. The van der Waals surface area contributed by atoms with Gasteiger partial charge in [0.05, 0.1) is 28.2 Å². The van der Waals surface area contributed by atoms with Crippen LogP contribution in [-0.4, -0.2) is 79.0 Å². The van der Waals surface area contributed by atoms with E-state index in [4.69, 9.17) is 11.6 Å². The number of hydrogen-bond acceptors (Lipinski definition) is 10. The lowest BCUT2D eigenvalue weighted by atomic mass is 10.1. The molecule has 48 heavy (non-hydrogen) atoms. The number of amides is 2. The van der Waals surface area contributed by atoms with Crippen molar-refractivity contribution in [1.29, 1.82) is 0 Å². The lowest BCUT2D eigenvalue weighted by Crippen LogP contribution is -2.56. The highest BCUT2D eigenvalue weighted by molar-refractivity contribution is 6.33. The van der Waals surface area contributed by atoms with Crippen LogP contribution in [0.5, 0.6) is 5.75 Å². The molecule has 0 aliphatic carbocycles. The number of carbonyl (C=O) groups is 2. The van der Waals surface area contributed by atoms with Gasteiger partial charge in [-0.3, -0.25) is 14.4 Å². The first-order valence-corrected chi connectivity index (χ1v) is 15.5. The zero-order chi connectivity index (χ0) is 34.9. The van der Waals surface area contributed by atoms with E-state index < -0.39 is 29.0 Å². The highest BCUT2D eigenvalue weighted by Crippen LogP contribution is 2.34. The van der Waals surface area contributed by atoms with Gasteiger partial charge in [-0.15, -0.1) is 0 Å². The number of alkyl halides is 3. The van der Waals surface area contributed by atoms with Crippen molar-refractivity contribution < 1.29 is 27.9 Å². The molecule has 1 atom stereocenters. The fraction of sp³-hybridized carbons (Fsp3) is 0.387. The number of rotatable bonds is 8. The van der Waals surface area contributed by atoms with Crippen LogP contribution in [0.3, 0.4) is 0 Å². The van der Waals surface area contributed by atoms with Gasteiger partial charge >= 0.3 is 6.18 Å². The van der Waals surface area contributed by atoms with Gasteiger partial charge in [0.25, 0.3) is 5.91 Å². The van der Waals surface area contributed by atoms with Crippen molar-refractivity contribution >= 4 is 51.8 Å². The van der Waals surface area contributed by atoms with Gasteiger partial charge in [-0.2, -0.15) is 13.2 Å². The van der Waals surface area contributed by atoms with E-state index in [2.05, 4.69) is 30.6 Å². The summed E-state index contributed by atoms with van der Waals surface area (Å²) in [5.41, 5.74) is -0.300. The van der Waals surface area contributed by atoms with E-state index in [-0.39, 0.29) is 71.2 Å². The second-order valence-electron chi connectivity index (χ2n) is 11.1. The van der Waals surface area contributed by atoms with E-state index in [1.54, 1.807) is 23.4 Å². The Balaban J connectivity index is 1.52. The summed E-state index contributed by atoms with van der Waals surface area (Å²) >= 11 is 6.09. The van der Waals surface area contributed by atoms with E-state index in [1.807, 2.05) is 18.7 Å². The summed E-state index contributed by atoms with van der Waals surface area (Å²) in [6.07, 6.45) is -1.15. The number of aryl methyl sites for hydroxylation is 1. The third kappa shape index (κ3) is 6.56. The second kappa shape index (κ2) is 13.6. The summed E-state index contributed by atoms with van der Waals surface area (Å²) < 4.78 is 41.0. The fourth-order valence-electron chi connectivity index (χ4n) is 5.77. The summed E-state index contributed by atoms with van der Waals surface area (Å²) in [7, 11) is 1.62. The van der Waals surface area contributed by atoms with Crippen LogP contribution in [-0.2, 0) is 23.9 Å². The summed E-state index contributed by atoms with van der Waals surface area (Å²) in [5.74, 6) is -1.05. The maximum Gasteiger partial charge on any atom is 0.416 e. The molecule has 0 bridgehead atoms. The van der Waals surface area contributed by atoms with Crippen molar-refractivity contribution in [3.63, 3.8) is 0 Å². The van der Waals surface area contributed by atoms with Crippen LogP contribution in [0.4, 0.5) is 30.4 Å². The van der Waals surface area contributed by atoms with Gasteiger partial charge in [-0.1, -0.05) is 25.4 Å². The van der Waals surface area contributed by atoms with Crippen molar-refractivity contribution in [1.82, 2.24) is 29.4 Å². The maximum atomic E-state index is 14.2. The Hall–Kier alpha value is -4.99. The highest BCUT2D eigenvalue weighted by atomic mass is 35.5. The molecule has 17 heteroatoms. The van der Waals surface area contributed by atoms with E-state index in [0.717, 1.165) is 18.2 Å². The molecule has 254 valence electrons. The molecular weight excluding hydrogens is 655 g/mol. The van der Waals surface area contributed by atoms with E-state index >= 15 is 0 Å². The number of benzene rings is 1. The van der Waals surface area contributed by atoms with Crippen molar-refractivity contribution in [2.24, 2.45) is 0 Å². The molecule has 1 fully saturated rings. The first kappa shape index (κ1) is 34.3. The quantitative estimate of drug-likeness (QED) is 0.245. The monoisotopic (exact) mass is 687 g/mol. The molecule has 0 unspecified atom stereocenters. The van der Waals surface area contributed by atoms with Crippen molar-refractivity contribution in [2.75, 3.05) is 42.2 Å². The minimum Gasteiger partial charge on any atom is -0.504 e. The Morgan fingerprint density at radius 2 is 1.90 bits per heavy atom. The molecule has 4 aromatic rings. The van der Waals surface area contributed by atoms with Gasteiger partial charge in [0.2, 0.25) is 11.3 Å². The molecule has 1 aliphatic heterocycles. The molecule has 3 N–H and O–H groups in total. The first-order chi connectivity index (χ1) is 22.8. The first-order valence-electron chi connectivity index (χ1n) is 15.1. The Morgan fingerprint density at radius 3 is 2.54 bits per heavy atom. The number of hydrogen-bond donors (Lipinski definition) is 3. The highest BCUT2D eigenvalue weighted by Gasteiger charge is 2.35.